The zero-order valence-corrected chi connectivity index (χ0v) is 18.9. The second-order valence-electron chi connectivity index (χ2n) is 7.59. The first-order valence-electron chi connectivity index (χ1n) is 10.3. The number of ether oxygens (including phenoxy) is 1. The monoisotopic (exact) mass is 435 g/mol. The number of rotatable bonds is 5. The molecule has 0 spiro atoms. The molecule has 1 aliphatic heterocycles. The van der Waals surface area contributed by atoms with E-state index in [0.717, 1.165) is 27.6 Å². The molecule has 4 rings (SSSR count). The third-order valence-corrected chi connectivity index (χ3v) is 6.30. The summed E-state index contributed by atoms with van der Waals surface area (Å²) < 4.78 is 5.63. The Kier molecular flexibility index (Phi) is 5.78. The summed E-state index contributed by atoms with van der Waals surface area (Å²) in [4.78, 5) is 33.0. The predicted molar refractivity (Wildman–Crippen MR) is 124 cm³/mol. The number of amides is 2. The lowest BCUT2D eigenvalue weighted by Crippen LogP contribution is -2.49. The molecule has 1 N–H and O–H groups in total. The highest BCUT2D eigenvalue weighted by molar-refractivity contribution is 7.11. The van der Waals surface area contributed by atoms with Crippen LogP contribution in [0.1, 0.15) is 29.3 Å². The van der Waals surface area contributed by atoms with Gasteiger partial charge in [-0.2, -0.15) is 0 Å². The van der Waals surface area contributed by atoms with Gasteiger partial charge in [-0.05, 0) is 63.1 Å². The Hall–Kier alpha value is -3.19. The molecule has 0 fully saturated rings. The summed E-state index contributed by atoms with van der Waals surface area (Å²) in [5.74, 6) is 0.0799. The first-order valence-corrected chi connectivity index (χ1v) is 11.1. The number of hydrogen-bond acceptors (Lipinski definition) is 5. The minimum Gasteiger partial charge on any atom is -0.482 e. The second-order valence-corrected chi connectivity index (χ2v) is 9.00. The second kappa shape index (κ2) is 8.51. The van der Waals surface area contributed by atoms with Crippen molar-refractivity contribution in [3.05, 3.63) is 57.9 Å². The quantitative estimate of drug-likeness (QED) is 0.628. The largest absolute Gasteiger partial charge is 0.482 e. The molecule has 3 aromatic rings. The third-order valence-electron chi connectivity index (χ3n) is 5.41. The molecule has 0 saturated carbocycles. The zero-order valence-electron chi connectivity index (χ0n) is 18.1. The van der Waals surface area contributed by atoms with Crippen LogP contribution in [-0.4, -0.2) is 29.4 Å². The maximum atomic E-state index is 13.0. The van der Waals surface area contributed by atoms with Gasteiger partial charge in [0, 0.05) is 16.1 Å². The lowest BCUT2D eigenvalue weighted by molar-refractivity contribution is -0.125. The van der Waals surface area contributed by atoms with E-state index >= 15 is 0 Å². The van der Waals surface area contributed by atoms with Crippen LogP contribution in [0, 0.1) is 13.8 Å². The number of hydrogen-bond donors (Lipinski definition) is 1. The van der Waals surface area contributed by atoms with Crippen LogP contribution in [0.5, 0.6) is 5.75 Å². The van der Waals surface area contributed by atoms with E-state index in [9.17, 15) is 9.59 Å². The molecule has 1 atom stereocenters. The highest BCUT2D eigenvalue weighted by Gasteiger charge is 2.33. The summed E-state index contributed by atoms with van der Waals surface area (Å²) in [5, 5.41) is 3.90. The minimum absolute atomic E-state index is 0.0933. The van der Waals surface area contributed by atoms with Crippen LogP contribution in [-0.2, 0) is 16.0 Å². The van der Waals surface area contributed by atoms with Crippen LogP contribution in [0.15, 0.2) is 42.5 Å². The fraction of sp³-hybridized carbons (Fsp3) is 0.292. The van der Waals surface area contributed by atoms with Gasteiger partial charge in [-0.25, -0.2) is 4.98 Å². The van der Waals surface area contributed by atoms with Crippen LogP contribution in [0.4, 0.5) is 11.4 Å². The maximum Gasteiger partial charge on any atom is 0.265 e. The van der Waals surface area contributed by atoms with Crippen LogP contribution < -0.4 is 15.0 Å². The Balaban J connectivity index is 1.63. The Morgan fingerprint density at radius 1 is 1.23 bits per heavy atom. The molecule has 0 radical (unpaired) electrons. The molecular weight excluding hydrogens is 410 g/mol. The average molecular weight is 436 g/mol. The van der Waals surface area contributed by atoms with E-state index in [1.165, 1.54) is 10.5 Å². The van der Waals surface area contributed by atoms with Gasteiger partial charge in [0.15, 0.2) is 6.61 Å². The molecule has 1 unspecified atom stereocenters. The van der Waals surface area contributed by atoms with Crippen molar-refractivity contribution in [2.24, 2.45) is 0 Å². The molecule has 31 heavy (non-hydrogen) atoms. The topological polar surface area (TPSA) is 71.5 Å². The van der Waals surface area contributed by atoms with Crippen molar-refractivity contribution in [2.75, 3.05) is 16.8 Å². The number of thiazole rings is 1. The van der Waals surface area contributed by atoms with Crippen molar-refractivity contribution in [3.8, 4) is 17.0 Å². The maximum absolute atomic E-state index is 13.0. The molecule has 1 aromatic heterocycles. The van der Waals surface area contributed by atoms with Gasteiger partial charge in [0.05, 0.1) is 16.4 Å². The van der Waals surface area contributed by atoms with Gasteiger partial charge >= 0.3 is 0 Å². The smallest absolute Gasteiger partial charge is 0.265 e. The van der Waals surface area contributed by atoms with Crippen molar-refractivity contribution in [2.45, 2.75) is 40.2 Å². The number of nitrogens with zero attached hydrogens (tertiary/aromatic N) is 2. The van der Waals surface area contributed by atoms with Gasteiger partial charge in [0.1, 0.15) is 11.8 Å². The van der Waals surface area contributed by atoms with Crippen LogP contribution in [0.2, 0.25) is 0 Å². The van der Waals surface area contributed by atoms with Crippen molar-refractivity contribution in [1.82, 2.24) is 4.98 Å². The number of aromatic nitrogens is 1. The van der Waals surface area contributed by atoms with Crippen molar-refractivity contribution >= 4 is 34.5 Å². The van der Waals surface area contributed by atoms with Gasteiger partial charge in [-0.15, -0.1) is 11.3 Å². The number of fused-ring (bicyclic) bond motifs is 1. The molecular formula is C24H25N3O3S. The molecule has 0 aliphatic carbocycles. The Bertz CT molecular complexity index is 1140. The molecule has 2 aromatic carbocycles. The highest BCUT2D eigenvalue weighted by atomic mass is 32.1. The van der Waals surface area contributed by atoms with Crippen molar-refractivity contribution in [3.63, 3.8) is 0 Å². The van der Waals surface area contributed by atoms with Crippen molar-refractivity contribution in [1.29, 1.82) is 0 Å². The lowest BCUT2D eigenvalue weighted by Gasteiger charge is -2.33. The summed E-state index contributed by atoms with van der Waals surface area (Å²) in [5.41, 5.74) is 4.27. The minimum atomic E-state index is -0.700. The molecule has 7 heteroatoms. The average Bonchev–Trinajstić information content (AvgIpc) is 3.11. The fourth-order valence-electron chi connectivity index (χ4n) is 3.73. The number of anilines is 2. The van der Waals surface area contributed by atoms with E-state index < -0.39 is 6.04 Å². The summed E-state index contributed by atoms with van der Waals surface area (Å²) in [6, 6.07) is 12.7. The van der Waals surface area contributed by atoms with E-state index in [4.69, 9.17) is 4.74 Å². The fourth-order valence-corrected chi connectivity index (χ4v) is 4.57. The van der Waals surface area contributed by atoms with E-state index in [0.29, 0.717) is 17.1 Å². The number of nitrogens with one attached hydrogen (secondary N) is 1. The van der Waals surface area contributed by atoms with E-state index in [1.54, 1.807) is 18.3 Å². The number of benzene rings is 2. The van der Waals surface area contributed by atoms with Crippen LogP contribution in [0.3, 0.4) is 0 Å². The summed E-state index contributed by atoms with van der Waals surface area (Å²) >= 11 is 1.63. The molecule has 0 saturated heterocycles. The van der Waals surface area contributed by atoms with Gasteiger partial charge in [0.25, 0.3) is 5.91 Å². The molecule has 160 valence electrons. The van der Waals surface area contributed by atoms with E-state index in [1.807, 2.05) is 56.3 Å². The van der Waals surface area contributed by atoms with Crippen molar-refractivity contribution < 1.29 is 14.3 Å². The van der Waals surface area contributed by atoms with E-state index in [2.05, 4.69) is 17.2 Å². The molecule has 2 amide bonds. The number of carbonyl (C=O) groups excluding carboxylic acids is 2. The molecule has 1 aliphatic rings. The summed E-state index contributed by atoms with van der Waals surface area (Å²) in [7, 11) is 0. The number of aryl methyl sites for hydroxylation is 3. The SMILES string of the molecule is CCc1ccc(NC(=O)C(C)N2C(=O)COc3ccc(-c4nc(C)sc4C)cc32)cc1. The third kappa shape index (κ3) is 4.18. The van der Waals surface area contributed by atoms with Crippen LogP contribution >= 0.6 is 11.3 Å². The summed E-state index contributed by atoms with van der Waals surface area (Å²) in [6.45, 7) is 7.72. The molecule has 0 bridgehead atoms. The number of carbonyl (C=O) groups is 2. The predicted octanol–water partition coefficient (Wildman–Crippen LogP) is 4.74. The normalized spacial score (nSPS) is 14.1. The Morgan fingerprint density at radius 2 is 1.97 bits per heavy atom. The Labute approximate surface area is 185 Å². The molecule has 2 heterocycles. The first kappa shape index (κ1) is 21.1. The van der Waals surface area contributed by atoms with E-state index in [-0.39, 0.29) is 18.4 Å². The standard InChI is InChI=1S/C24H25N3O3S/c1-5-17-6-9-19(10-7-17)26-24(29)14(2)27-20-12-18(23-15(3)31-16(4)25-23)8-11-21(20)30-13-22(27)28/h6-12,14H,5,13H2,1-4H3,(H,26,29). The summed E-state index contributed by atoms with van der Waals surface area (Å²) in [6.07, 6.45) is 0.935. The highest BCUT2D eigenvalue weighted by Crippen LogP contribution is 2.38. The first-order chi connectivity index (χ1) is 14.9. The van der Waals surface area contributed by atoms with Crippen LogP contribution in [0.25, 0.3) is 11.3 Å². The van der Waals surface area contributed by atoms with Gasteiger partial charge in [-0.1, -0.05) is 19.1 Å². The lowest BCUT2D eigenvalue weighted by atomic mass is 10.1. The van der Waals surface area contributed by atoms with Gasteiger partial charge in [-0.3, -0.25) is 14.5 Å². The zero-order chi connectivity index (χ0) is 22.1. The molecule has 6 nitrogen and oxygen atoms in total. The van der Waals surface area contributed by atoms with Gasteiger partial charge in [0.2, 0.25) is 5.91 Å². The van der Waals surface area contributed by atoms with Gasteiger partial charge < -0.3 is 10.1 Å². The Morgan fingerprint density at radius 3 is 2.61 bits per heavy atom.